The van der Waals surface area contributed by atoms with Crippen molar-refractivity contribution in [1.29, 1.82) is 0 Å². The molecule has 168 valence electrons. The highest BCUT2D eigenvalue weighted by molar-refractivity contribution is 6.11. The van der Waals surface area contributed by atoms with Gasteiger partial charge in [0.05, 0.1) is 17.4 Å². The number of pyridine rings is 2. The predicted molar refractivity (Wildman–Crippen MR) is 130 cm³/mol. The molecule has 0 aliphatic carbocycles. The minimum atomic E-state index is -0.272. The number of nitrogens with one attached hydrogen (secondary N) is 2. The maximum Gasteiger partial charge on any atom is 0.276 e. The van der Waals surface area contributed by atoms with Gasteiger partial charge in [-0.15, -0.1) is 0 Å². The van der Waals surface area contributed by atoms with Gasteiger partial charge in [-0.05, 0) is 68.1 Å². The van der Waals surface area contributed by atoms with Crippen LogP contribution in [0.5, 0.6) is 0 Å². The van der Waals surface area contributed by atoms with Crippen LogP contribution in [0.1, 0.15) is 49.2 Å². The van der Waals surface area contributed by atoms with E-state index < -0.39 is 0 Å². The average Bonchev–Trinajstić information content (AvgIpc) is 3.26. The molecule has 1 aliphatic heterocycles. The average molecular weight is 441 g/mol. The summed E-state index contributed by atoms with van der Waals surface area (Å²) in [5.41, 5.74) is 5.05. The number of fused-ring (bicyclic) bond motifs is 1. The van der Waals surface area contributed by atoms with E-state index in [1.54, 1.807) is 24.5 Å². The summed E-state index contributed by atoms with van der Waals surface area (Å²) in [5, 5.41) is 10.9. The molecule has 4 aromatic rings. The van der Waals surface area contributed by atoms with Gasteiger partial charge in [0.25, 0.3) is 5.91 Å². The van der Waals surface area contributed by atoms with Crippen molar-refractivity contribution in [2.24, 2.45) is 0 Å². The van der Waals surface area contributed by atoms with E-state index in [0.29, 0.717) is 23.5 Å². The van der Waals surface area contributed by atoms with Crippen molar-refractivity contribution >= 4 is 22.5 Å². The lowest BCUT2D eigenvalue weighted by Crippen LogP contribution is -2.42. The van der Waals surface area contributed by atoms with Crippen LogP contribution in [-0.2, 0) is 6.54 Å². The molecule has 0 unspecified atom stereocenters. The molecule has 3 aromatic heterocycles. The van der Waals surface area contributed by atoms with Crippen LogP contribution in [-0.4, -0.2) is 43.1 Å². The summed E-state index contributed by atoms with van der Waals surface area (Å²) in [6, 6.07) is 13.0. The Bertz CT molecular complexity index is 1260. The second-order valence-corrected chi connectivity index (χ2v) is 8.91. The van der Waals surface area contributed by atoms with Crippen molar-refractivity contribution in [3.05, 3.63) is 72.4 Å². The standard InChI is InChI=1S/C26H28N6O/c1-17-5-3-6-18(2)32(17)16-19-11-21(14-28-13-19)20-8-9-24-23(12-20)25(31-30-24)26(33)29-22-7-4-10-27-15-22/h4,7-15,17-18H,3,5-6,16H2,1-2H3,(H,29,33)(H,30,31)/t17-,18+. The lowest BCUT2D eigenvalue weighted by Gasteiger charge is -2.39. The summed E-state index contributed by atoms with van der Waals surface area (Å²) >= 11 is 0. The quantitative estimate of drug-likeness (QED) is 0.454. The van der Waals surface area contributed by atoms with Crippen molar-refractivity contribution in [2.75, 3.05) is 5.32 Å². The molecule has 1 amide bonds. The lowest BCUT2D eigenvalue weighted by atomic mass is 9.96. The van der Waals surface area contributed by atoms with Gasteiger partial charge in [-0.3, -0.25) is 24.8 Å². The summed E-state index contributed by atoms with van der Waals surface area (Å²) in [7, 11) is 0. The zero-order valence-electron chi connectivity index (χ0n) is 19.0. The molecule has 1 aliphatic rings. The highest BCUT2D eigenvalue weighted by Gasteiger charge is 2.24. The fourth-order valence-electron chi connectivity index (χ4n) is 4.72. The largest absolute Gasteiger partial charge is 0.319 e. The molecule has 0 saturated carbocycles. The Morgan fingerprint density at radius 2 is 1.91 bits per heavy atom. The third kappa shape index (κ3) is 4.50. The van der Waals surface area contributed by atoms with E-state index in [1.807, 2.05) is 30.6 Å². The molecule has 1 saturated heterocycles. The number of carbonyl (C=O) groups excluding carboxylic acids is 1. The van der Waals surface area contributed by atoms with Gasteiger partial charge in [-0.1, -0.05) is 12.5 Å². The fraction of sp³-hybridized carbons (Fsp3) is 0.308. The maximum atomic E-state index is 12.8. The number of carbonyl (C=O) groups is 1. The molecule has 5 rings (SSSR count). The molecule has 4 heterocycles. The van der Waals surface area contributed by atoms with Gasteiger partial charge in [-0.2, -0.15) is 5.10 Å². The van der Waals surface area contributed by atoms with E-state index in [1.165, 1.54) is 24.8 Å². The molecule has 0 bridgehead atoms. The maximum absolute atomic E-state index is 12.8. The Hall–Kier alpha value is -3.58. The van der Waals surface area contributed by atoms with Crippen LogP contribution < -0.4 is 5.32 Å². The highest BCUT2D eigenvalue weighted by atomic mass is 16.1. The highest BCUT2D eigenvalue weighted by Crippen LogP contribution is 2.28. The van der Waals surface area contributed by atoms with Crippen LogP contribution in [0.2, 0.25) is 0 Å². The summed E-state index contributed by atoms with van der Waals surface area (Å²) in [5.74, 6) is -0.272. The van der Waals surface area contributed by atoms with E-state index in [2.05, 4.69) is 50.3 Å². The minimum absolute atomic E-state index is 0.272. The second-order valence-electron chi connectivity index (χ2n) is 8.91. The van der Waals surface area contributed by atoms with Crippen molar-refractivity contribution < 1.29 is 4.79 Å². The Labute approximate surface area is 193 Å². The molecular weight excluding hydrogens is 412 g/mol. The summed E-state index contributed by atoms with van der Waals surface area (Å²) < 4.78 is 0. The van der Waals surface area contributed by atoms with Crippen molar-refractivity contribution in [3.63, 3.8) is 0 Å². The number of H-pyrrole nitrogens is 1. The number of anilines is 1. The zero-order valence-corrected chi connectivity index (χ0v) is 19.0. The number of nitrogens with zero attached hydrogens (tertiary/aromatic N) is 4. The number of aromatic amines is 1. The van der Waals surface area contributed by atoms with E-state index in [9.17, 15) is 4.79 Å². The zero-order chi connectivity index (χ0) is 22.8. The van der Waals surface area contributed by atoms with Crippen LogP contribution in [0, 0.1) is 0 Å². The molecule has 2 N–H and O–H groups in total. The van der Waals surface area contributed by atoms with E-state index in [-0.39, 0.29) is 5.91 Å². The smallest absolute Gasteiger partial charge is 0.276 e. The molecule has 1 aromatic carbocycles. The van der Waals surface area contributed by atoms with Gasteiger partial charge in [0.1, 0.15) is 0 Å². The SMILES string of the molecule is C[C@@H]1CCC[C@H](C)N1Cc1cncc(-c2ccc3[nH]nc(C(=O)Nc4cccnc4)c3c2)c1. The number of benzene rings is 1. The fourth-order valence-corrected chi connectivity index (χ4v) is 4.72. The molecule has 7 nitrogen and oxygen atoms in total. The van der Waals surface area contributed by atoms with Crippen molar-refractivity contribution in [2.45, 2.75) is 51.7 Å². The molecule has 0 spiro atoms. The monoisotopic (exact) mass is 440 g/mol. The van der Waals surface area contributed by atoms with Gasteiger partial charge in [-0.25, -0.2) is 0 Å². The van der Waals surface area contributed by atoms with Crippen LogP contribution in [0.25, 0.3) is 22.0 Å². The normalized spacial score (nSPS) is 19.0. The summed E-state index contributed by atoms with van der Waals surface area (Å²) in [6.07, 6.45) is 10.9. The molecule has 0 radical (unpaired) electrons. The molecule has 33 heavy (non-hydrogen) atoms. The lowest BCUT2D eigenvalue weighted by molar-refractivity contribution is 0.0952. The minimum Gasteiger partial charge on any atom is -0.319 e. The van der Waals surface area contributed by atoms with Crippen LogP contribution in [0.15, 0.2) is 61.2 Å². The predicted octanol–water partition coefficient (Wildman–Crippen LogP) is 5.04. The van der Waals surface area contributed by atoms with Crippen molar-refractivity contribution in [3.8, 4) is 11.1 Å². The first-order valence-electron chi connectivity index (χ1n) is 11.5. The summed E-state index contributed by atoms with van der Waals surface area (Å²) in [4.78, 5) is 24.0. The van der Waals surface area contributed by atoms with Crippen LogP contribution in [0.3, 0.4) is 0 Å². The molecular formula is C26H28N6O. The third-order valence-corrected chi connectivity index (χ3v) is 6.57. The third-order valence-electron chi connectivity index (χ3n) is 6.57. The Morgan fingerprint density at radius 3 is 2.70 bits per heavy atom. The van der Waals surface area contributed by atoms with Gasteiger partial charge in [0, 0.05) is 48.2 Å². The Kier molecular flexibility index (Phi) is 5.88. The number of rotatable bonds is 5. The van der Waals surface area contributed by atoms with E-state index in [0.717, 1.165) is 28.6 Å². The number of aromatic nitrogens is 4. The number of hydrogen-bond donors (Lipinski definition) is 2. The van der Waals surface area contributed by atoms with Crippen molar-refractivity contribution in [1.82, 2.24) is 25.1 Å². The molecule has 7 heteroatoms. The first kappa shape index (κ1) is 21.3. The topological polar surface area (TPSA) is 86.8 Å². The number of likely N-dealkylation sites (tertiary alicyclic amines) is 1. The van der Waals surface area contributed by atoms with Crippen LogP contribution >= 0.6 is 0 Å². The van der Waals surface area contributed by atoms with Gasteiger partial charge in [0.2, 0.25) is 0 Å². The second kappa shape index (κ2) is 9.11. The van der Waals surface area contributed by atoms with E-state index >= 15 is 0 Å². The van der Waals surface area contributed by atoms with Gasteiger partial charge in [0.15, 0.2) is 5.69 Å². The number of piperidine rings is 1. The van der Waals surface area contributed by atoms with E-state index in [4.69, 9.17) is 0 Å². The summed E-state index contributed by atoms with van der Waals surface area (Å²) in [6.45, 7) is 5.53. The number of hydrogen-bond acceptors (Lipinski definition) is 5. The molecule has 1 fully saturated rings. The molecule has 2 atom stereocenters. The Morgan fingerprint density at radius 1 is 1.06 bits per heavy atom. The van der Waals surface area contributed by atoms with Gasteiger partial charge >= 0.3 is 0 Å². The first-order chi connectivity index (χ1) is 16.1. The Balaban J connectivity index is 1.41. The van der Waals surface area contributed by atoms with Crippen LogP contribution in [0.4, 0.5) is 5.69 Å². The van der Waals surface area contributed by atoms with Gasteiger partial charge < -0.3 is 5.32 Å². The first-order valence-corrected chi connectivity index (χ1v) is 11.5. The number of amides is 1.